The molecule has 0 radical (unpaired) electrons. The number of likely N-dealkylation sites (tertiary alicyclic amines) is 1. The molecule has 0 bridgehead atoms. The Morgan fingerprint density at radius 3 is 1.77 bits per heavy atom. The first-order valence-corrected chi connectivity index (χ1v) is 10.4. The summed E-state index contributed by atoms with van der Waals surface area (Å²) in [5, 5.41) is 2.75. The van der Waals surface area contributed by atoms with Gasteiger partial charge in [0.05, 0.1) is 18.6 Å². The average Bonchev–Trinajstić information content (AvgIpc) is 3.32. The number of urea groups is 1. The molecule has 0 aromatic rings. The van der Waals surface area contributed by atoms with Crippen LogP contribution in [0.2, 0.25) is 0 Å². The first-order chi connectivity index (χ1) is 13.7. The van der Waals surface area contributed by atoms with Crippen LogP contribution >= 0.6 is 0 Å². The van der Waals surface area contributed by atoms with E-state index < -0.39 is 22.0 Å². The van der Waals surface area contributed by atoms with E-state index in [1.807, 2.05) is 41.5 Å². The molecular weight excluding hydrogens is 390 g/mol. The smallest absolute Gasteiger partial charge is 0.325 e. The standard InChI is InChI=1S/C11H17NO3.C10H16N2O3/c1-10(2,3)12-8(13)6-11(9(12)14)4-5-15-7-11;1-9(2,3)12-7(13)10(11-8(12)14)4-5-15-6-10/h4-7H2,1-3H3;4-6H2,1-3H3,(H,11,14)/t11-;10-/m10/s1. The first-order valence-electron chi connectivity index (χ1n) is 10.4. The molecule has 4 rings (SSSR count). The Morgan fingerprint density at radius 1 is 0.800 bits per heavy atom. The number of ether oxygens (including phenoxy) is 2. The molecule has 2 atom stereocenters. The van der Waals surface area contributed by atoms with Crippen LogP contribution in [0.4, 0.5) is 4.79 Å². The van der Waals surface area contributed by atoms with Crippen molar-refractivity contribution in [3.05, 3.63) is 0 Å². The summed E-state index contributed by atoms with van der Waals surface area (Å²) in [6, 6.07) is -0.307. The van der Waals surface area contributed by atoms with E-state index in [1.54, 1.807) is 0 Å². The Morgan fingerprint density at radius 2 is 1.37 bits per heavy atom. The lowest BCUT2D eigenvalue weighted by Crippen LogP contribution is -2.50. The Balaban J connectivity index is 0.000000171. The number of nitrogens with zero attached hydrogens (tertiary/aromatic N) is 2. The fraction of sp³-hybridized carbons (Fsp3) is 0.810. The molecule has 168 valence electrons. The van der Waals surface area contributed by atoms with Gasteiger partial charge >= 0.3 is 6.03 Å². The molecule has 1 N–H and O–H groups in total. The van der Waals surface area contributed by atoms with Crippen LogP contribution in [0.5, 0.6) is 0 Å². The highest BCUT2D eigenvalue weighted by atomic mass is 16.5. The fourth-order valence-corrected chi connectivity index (χ4v) is 4.45. The van der Waals surface area contributed by atoms with Gasteiger partial charge in [-0.1, -0.05) is 0 Å². The van der Waals surface area contributed by atoms with Crippen LogP contribution in [0.3, 0.4) is 0 Å². The van der Waals surface area contributed by atoms with Gasteiger partial charge in [-0.15, -0.1) is 0 Å². The summed E-state index contributed by atoms with van der Waals surface area (Å²) in [6.07, 6.45) is 1.58. The van der Waals surface area contributed by atoms with E-state index in [4.69, 9.17) is 9.47 Å². The van der Waals surface area contributed by atoms with E-state index >= 15 is 0 Å². The molecule has 0 aliphatic carbocycles. The van der Waals surface area contributed by atoms with Crippen molar-refractivity contribution in [3.63, 3.8) is 0 Å². The fourth-order valence-electron chi connectivity index (χ4n) is 4.45. The van der Waals surface area contributed by atoms with E-state index in [9.17, 15) is 19.2 Å². The monoisotopic (exact) mass is 423 g/mol. The molecule has 4 aliphatic heterocycles. The summed E-state index contributed by atoms with van der Waals surface area (Å²) in [5.74, 6) is -0.256. The summed E-state index contributed by atoms with van der Waals surface area (Å²) in [4.78, 5) is 50.6. The lowest BCUT2D eigenvalue weighted by atomic mass is 9.85. The van der Waals surface area contributed by atoms with E-state index in [0.29, 0.717) is 45.7 Å². The Kier molecular flexibility index (Phi) is 5.52. The Hall–Kier alpha value is -2.00. The zero-order chi connectivity index (χ0) is 22.5. The highest BCUT2D eigenvalue weighted by molar-refractivity contribution is 6.08. The van der Waals surface area contributed by atoms with Gasteiger partial charge in [-0.05, 0) is 48.0 Å². The number of carbonyl (C=O) groups is 4. The number of rotatable bonds is 0. The van der Waals surface area contributed by atoms with Gasteiger partial charge < -0.3 is 14.8 Å². The average molecular weight is 424 g/mol. The number of nitrogens with one attached hydrogen (secondary N) is 1. The SMILES string of the molecule is CC(C)(C)N1C(=O)C[C@@]2(CCOC2)C1=O.CC(C)(C)N1C(=O)N[C@]2(CCOC2)C1=O. The maximum Gasteiger partial charge on any atom is 0.325 e. The molecule has 2 spiro atoms. The van der Waals surface area contributed by atoms with Gasteiger partial charge in [-0.2, -0.15) is 0 Å². The largest absolute Gasteiger partial charge is 0.380 e. The summed E-state index contributed by atoms with van der Waals surface area (Å²) in [7, 11) is 0. The molecule has 0 aromatic heterocycles. The van der Waals surface area contributed by atoms with Gasteiger partial charge in [0.1, 0.15) is 5.54 Å². The van der Waals surface area contributed by atoms with E-state index in [2.05, 4.69) is 5.32 Å². The number of imide groups is 2. The molecule has 4 aliphatic rings. The molecule has 0 aromatic carbocycles. The predicted molar refractivity (Wildman–Crippen MR) is 107 cm³/mol. The third-order valence-corrected chi connectivity index (χ3v) is 6.02. The first kappa shape index (κ1) is 22.7. The van der Waals surface area contributed by atoms with E-state index in [1.165, 1.54) is 9.80 Å². The quantitative estimate of drug-likeness (QED) is 0.467. The minimum Gasteiger partial charge on any atom is -0.380 e. The van der Waals surface area contributed by atoms with E-state index in [0.717, 1.165) is 0 Å². The zero-order valence-electron chi connectivity index (χ0n) is 18.8. The third-order valence-electron chi connectivity index (χ3n) is 6.02. The number of amides is 5. The van der Waals surface area contributed by atoms with Crippen molar-refractivity contribution in [1.82, 2.24) is 15.1 Å². The maximum absolute atomic E-state index is 12.2. The number of hydrogen-bond donors (Lipinski definition) is 1. The van der Waals surface area contributed by atoms with Crippen LogP contribution in [0, 0.1) is 5.41 Å². The van der Waals surface area contributed by atoms with Crippen molar-refractivity contribution in [2.24, 2.45) is 5.41 Å². The molecule has 5 amide bonds. The molecule has 4 saturated heterocycles. The van der Waals surface area contributed by atoms with Crippen molar-refractivity contribution in [2.75, 3.05) is 26.4 Å². The normalized spacial score (nSPS) is 31.8. The van der Waals surface area contributed by atoms with Gasteiger partial charge in [-0.3, -0.25) is 24.2 Å². The van der Waals surface area contributed by atoms with Gasteiger partial charge in [-0.25, -0.2) is 4.79 Å². The molecule has 4 fully saturated rings. The van der Waals surface area contributed by atoms with Gasteiger partial charge in [0, 0.05) is 37.1 Å². The molecule has 9 heteroatoms. The highest BCUT2D eigenvalue weighted by Gasteiger charge is 2.57. The molecule has 4 heterocycles. The van der Waals surface area contributed by atoms with Crippen LogP contribution < -0.4 is 5.32 Å². The second-order valence-corrected chi connectivity index (χ2v) is 10.6. The van der Waals surface area contributed by atoms with Crippen LogP contribution in [-0.2, 0) is 23.9 Å². The van der Waals surface area contributed by atoms with Crippen molar-refractivity contribution in [1.29, 1.82) is 0 Å². The number of hydrogen-bond acceptors (Lipinski definition) is 6. The summed E-state index contributed by atoms with van der Waals surface area (Å²) >= 11 is 0. The Bertz CT molecular complexity index is 688. The lowest BCUT2D eigenvalue weighted by Gasteiger charge is -2.31. The third kappa shape index (κ3) is 3.73. The number of carbonyl (C=O) groups excluding carboxylic acids is 4. The molecule has 9 nitrogen and oxygen atoms in total. The topological polar surface area (TPSA) is 105 Å². The van der Waals surface area contributed by atoms with Crippen LogP contribution in [0.15, 0.2) is 0 Å². The van der Waals surface area contributed by atoms with Crippen LogP contribution in [0.1, 0.15) is 60.8 Å². The van der Waals surface area contributed by atoms with Crippen molar-refractivity contribution in [2.45, 2.75) is 77.4 Å². The maximum atomic E-state index is 12.2. The second-order valence-electron chi connectivity index (χ2n) is 10.6. The van der Waals surface area contributed by atoms with Crippen molar-refractivity contribution in [3.8, 4) is 0 Å². The minimum absolute atomic E-state index is 0.0440. The summed E-state index contributed by atoms with van der Waals surface area (Å²) < 4.78 is 10.5. The van der Waals surface area contributed by atoms with Crippen LogP contribution in [-0.4, -0.2) is 76.6 Å². The molecule has 30 heavy (non-hydrogen) atoms. The van der Waals surface area contributed by atoms with Gasteiger partial charge in [0.25, 0.3) is 5.91 Å². The van der Waals surface area contributed by atoms with Crippen molar-refractivity contribution < 1.29 is 28.7 Å². The Labute approximate surface area is 177 Å². The van der Waals surface area contributed by atoms with Crippen LogP contribution in [0.25, 0.3) is 0 Å². The van der Waals surface area contributed by atoms with Gasteiger partial charge in [0.15, 0.2) is 0 Å². The van der Waals surface area contributed by atoms with E-state index in [-0.39, 0.29) is 23.8 Å². The predicted octanol–water partition coefficient (Wildman–Crippen LogP) is 1.45. The minimum atomic E-state index is -0.787. The van der Waals surface area contributed by atoms with Crippen molar-refractivity contribution >= 4 is 23.8 Å². The summed E-state index contributed by atoms with van der Waals surface area (Å²) in [5.41, 5.74) is -2.22. The molecule has 0 saturated carbocycles. The second kappa shape index (κ2) is 7.30. The van der Waals surface area contributed by atoms with Gasteiger partial charge in [0.2, 0.25) is 11.8 Å². The summed E-state index contributed by atoms with van der Waals surface area (Å²) in [6.45, 7) is 13.0. The molecular formula is C21H33N3O6. The zero-order valence-corrected chi connectivity index (χ0v) is 18.8. The molecule has 0 unspecified atom stereocenters. The highest BCUT2D eigenvalue weighted by Crippen LogP contribution is 2.42. The lowest BCUT2D eigenvalue weighted by molar-refractivity contribution is -0.146.